The number of aliphatic hydroxyl groups is 1. The van der Waals surface area contributed by atoms with Crippen molar-refractivity contribution >= 4 is 18.1 Å². The summed E-state index contributed by atoms with van der Waals surface area (Å²) < 4.78 is 10.8. The molecule has 3 amide bonds. The number of hydrogen-bond donors (Lipinski definition) is 2. The highest BCUT2D eigenvalue weighted by atomic mass is 16.6. The van der Waals surface area contributed by atoms with Crippen molar-refractivity contribution in [3.63, 3.8) is 0 Å². The summed E-state index contributed by atoms with van der Waals surface area (Å²) in [5.41, 5.74) is -2.74. The summed E-state index contributed by atoms with van der Waals surface area (Å²) >= 11 is 0. The van der Waals surface area contributed by atoms with Crippen LogP contribution in [-0.2, 0) is 20.7 Å². The van der Waals surface area contributed by atoms with Crippen LogP contribution in [0.1, 0.15) is 61.0 Å². The van der Waals surface area contributed by atoms with Gasteiger partial charge in [0.1, 0.15) is 17.3 Å². The van der Waals surface area contributed by atoms with Crippen LogP contribution in [-0.4, -0.2) is 57.0 Å². The number of amides is 3. The molecule has 2 N–H and O–H groups in total. The number of ether oxygens (including phenoxy) is 2. The lowest BCUT2D eigenvalue weighted by atomic mass is 9.83. The Morgan fingerprint density at radius 3 is 2.06 bits per heavy atom. The Labute approximate surface area is 190 Å². The summed E-state index contributed by atoms with van der Waals surface area (Å²) in [6, 6.07) is 8.12. The van der Waals surface area contributed by atoms with Crippen LogP contribution in [0.2, 0.25) is 0 Å². The van der Waals surface area contributed by atoms with E-state index in [2.05, 4.69) is 5.32 Å². The second kappa shape index (κ2) is 9.10. The van der Waals surface area contributed by atoms with Gasteiger partial charge < -0.3 is 19.9 Å². The normalized spacial score (nSPS) is 23.9. The largest absolute Gasteiger partial charge is 0.444 e. The molecule has 1 heterocycles. The van der Waals surface area contributed by atoms with Gasteiger partial charge in [0, 0.05) is 6.42 Å². The Kier molecular flexibility index (Phi) is 7.29. The van der Waals surface area contributed by atoms with Gasteiger partial charge in [-0.1, -0.05) is 44.2 Å². The zero-order chi connectivity index (χ0) is 24.5. The summed E-state index contributed by atoms with van der Waals surface area (Å²) in [4.78, 5) is 40.5. The Morgan fingerprint density at radius 2 is 1.59 bits per heavy atom. The van der Waals surface area contributed by atoms with Gasteiger partial charge in [-0.15, -0.1) is 0 Å². The van der Waals surface area contributed by atoms with Gasteiger partial charge in [-0.25, -0.2) is 14.5 Å². The summed E-state index contributed by atoms with van der Waals surface area (Å²) in [5.74, 6) is -1.02. The van der Waals surface area contributed by atoms with Crippen LogP contribution in [0.3, 0.4) is 0 Å². The van der Waals surface area contributed by atoms with Crippen molar-refractivity contribution in [1.29, 1.82) is 0 Å². The molecule has 1 fully saturated rings. The van der Waals surface area contributed by atoms with E-state index in [1.807, 2.05) is 6.07 Å². The Hall–Kier alpha value is -2.61. The lowest BCUT2D eigenvalue weighted by Crippen LogP contribution is -2.62. The van der Waals surface area contributed by atoms with Crippen molar-refractivity contribution in [3.8, 4) is 0 Å². The maximum atomic E-state index is 13.8. The third kappa shape index (κ3) is 5.79. The van der Waals surface area contributed by atoms with E-state index in [0.717, 1.165) is 4.90 Å². The molecule has 0 spiro atoms. The first kappa shape index (κ1) is 25.6. The molecule has 1 aliphatic rings. The van der Waals surface area contributed by atoms with Crippen LogP contribution in [0.4, 0.5) is 9.59 Å². The van der Waals surface area contributed by atoms with Gasteiger partial charge in [0.2, 0.25) is 0 Å². The second-order valence-electron chi connectivity index (χ2n) is 10.6. The molecule has 1 aromatic rings. The fourth-order valence-electron chi connectivity index (χ4n) is 3.84. The van der Waals surface area contributed by atoms with E-state index in [1.165, 1.54) is 0 Å². The smallest absolute Gasteiger partial charge is 0.417 e. The second-order valence-corrected chi connectivity index (χ2v) is 10.6. The highest BCUT2D eigenvalue weighted by molar-refractivity contribution is 6.03. The van der Waals surface area contributed by atoms with Gasteiger partial charge >= 0.3 is 12.2 Å². The molecule has 1 unspecified atom stereocenters. The number of rotatable bonds is 4. The molecule has 1 aromatic carbocycles. The highest BCUT2D eigenvalue weighted by Crippen LogP contribution is 2.37. The number of carbonyl (C=O) groups is 3. The lowest BCUT2D eigenvalue weighted by molar-refractivity contribution is -0.134. The minimum absolute atomic E-state index is 0.0183. The van der Waals surface area contributed by atoms with Gasteiger partial charge in [-0.05, 0) is 53.0 Å². The molecule has 0 aliphatic carbocycles. The third-order valence-corrected chi connectivity index (χ3v) is 5.05. The minimum Gasteiger partial charge on any atom is -0.444 e. The number of alkyl carbamates (subject to hydrolysis) is 1. The minimum atomic E-state index is -1.80. The van der Waals surface area contributed by atoms with Gasteiger partial charge in [0.25, 0.3) is 5.91 Å². The fourth-order valence-corrected chi connectivity index (χ4v) is 3.84. The monoisotopic (exact) mass is 448 g/mol. The standard InChI is InChI=1S/C24H36N2O6/c1-15(2)17-18(27)24(14-16-12-10-9-11-13-16,25-20(29)31-22(3,4)5)19(28)26(17)21(30)32-23(6,7)8/h9-13,15,17-18,27H,14H2,1-8H3,(H,25,29)/t17-,18?,24-/m1/s1. The molecule has 1 aliphatic heterocycles. The molecule has 32 heavy (non-hydrogen) atoms. The van der Waals surface area contributed by atoms with E-state index in [9.17, 15) is 19.5 Å². The fraction of sp³-hybridized carbons (Fsp3) is 0.625. The summed E-state index contributed by atoms with van der Waals surface area (Å²) in [6.07, 6.45) is -3.11. The maximum Gasteiger partial charge on any atom is 0.417 e. The van der Waals surface area contributed by atoms with Crippen LogP contribution >= 0.6 is 0 Å². The van der Waals surface area contributed by atoms with Crippen molar-refractivity contribution in [1.82, 2.24) is 10.2 Å². The average Bonchev–Trinajstić information content (AvgIpc) is 2.81. The summed E-state index contributed by atoms with van der Waals surface area (Å²) in [6.45, 7) is 13.8. The van der Waals surface area contributed by atoms with E-state index >= 15 is 0 Å². The quantitative estimate of drug-likeness (QED) is 0.728. The lowest BCUT2D eigenvalue weighted by Gasteiger charge is -2.33. The van der Waals surface area contributed by atoms with E-state index in [0.29, 0.717) is 5.56 Å². The first-order valence-electron chi connectivity index (χ1n) is 10.9. The Bertz CT molecular complexity index is 840. The molecule has 0 radical (unpaired) electrons. The Balaban J connectivity index is 2.55. The topological polar surface area (TPSA) is 105 Å². The zero-order valence-electron chi connectivity index (χ0n) is 20.3. The number of aliphatic hydroxyl groups excluding tert-OH is 1. The molecular weight excluding hydrogens is 412 g/mol. The van der Waals surface area contributed by atoms with Crippen LogP contribution < -0.4 is 5.32 Å². The number of likely N-dealkylation sites (tertiary alicyclic amines) is 1. The van der Waals surface area contributed by atoms with Crippen molar-refractivity contribution in [2.75, 3.05) is 0 Å². The summed E-state index contributed by atoms with van der Waals surface area (Å²) in [7, 11) is 0. The molecule has 8 heteroatoms. The number of carbonyl (C=O) groups excluding carboxylic acids is 3. The van der Waals surface area contributed by atoms with E-state index in [-0.39, 0.29) is 12.3 Å². The van der Waals surface area contributed by atoms with Gasteiger partial charge in [0.15, 0.2) is 5.54 Å². The molecule has 2 rings (SSSR count). The molecular formula is C24H36N2O6. The van der Waals surface area contributed by atoms with E-state index in [4.69, 9.17) is 9.47 Å². The van der Waals surface area contributed by atoms with E-state index < -0.39 is 47.0 Å². The predicted octanol–water partition coefficient (Wildman–Crippen LogP) is 3.66. The Morgan fingerprint density at radius 1 is 1.06 bits per heavy atom. The molecule has 178 valence electrons. The number of benzene rings is 1. The van der Waals surface area contributed by atoms with Crippen molar-refractivity contribution in [2.24, 2.45) is 5.92 Å². The van der Waals surface area contributed by atoms with Crippen LogP contribution in [0.15, 0.2) is 30.3 Å². The number of nitrogens with one attached hydrogen (secondary N) is 1. The predicted molar refractivity (Wildman–Crippen MR) is 120 cm³/mol. The highest BCUT2D eigenvalue weighted by Gasteiger charge is 2.63. The number of imide groups is 1. The van der Waals surface area contributed by atoms with Crippen LogP contribution in [0.25, 0.3) is 0 Å². The maximum absolute atomic E-state index is 13.8. The van der Waals surface area contributed by atoms with Crippen LogP contribution in [0, 0.1) is 5.92 Å². The third-order valence-electron chi connectivity index (χ3n) is 5.05. The first-order chi connectivity index (χ1) is 14.6. The zero-order valence-corrected chi connectivity index (χ0v) is 20.3. The summed E-state index contributed by atoms with van der Waals surface area (Å²) in [5, 5.41) is 14.0. The van der Waals surface area contributed by atoms with Gasteiger partial charge in [-0.2, -0.15) is 0 Å². The van der Waals surface area contributed by atoms with Crippen molar-refractivity contribution < 1.29 is 29.0 Å². The van der Waals surface area contributed by atoms with Crippen LogP contribution in [0.5, 0.6) is 0 Å². The SMILES string of the molecule is CC(C)[C@@H]1C(O)[C@@](Cc2ccccc2)(NC(=O)OC(C)(C)C)C(=O)N1C(=O)OC(C)(C)C. The molecule has 0 bridgehead atoms. The van der Waals surface area contributed by atoms with Gasteiger partial charge in [0.05, 0.1) is 6.04 Å². The average molecular weight is 449 g/mol. The molecule has 0 aromatic heterocycles. The number of hydrogen-bond acceptors (Lipinski definition) is 6. The molecule has 1 saturated heterocycles. The number of nitrogens with zero attached hydrogens (tertiary/aromatic N) is 1. The molecule has 8 nitrogen and oxygen atoms in total. The molecule has 3 atom stereocenters. The molecule has 0 saturated carbocycles. The van der Waals surface area contributed by atoms with Crippen molar-refractivity contribution in [2.45, 2.75) is 90.7 Å². The first-order valence-corrected chi connectivity index (χ1v) is 10.9. The van der Waals surface area contributed by atoms with Gasteiger partial charge in [-0.3, -0.25) is 4.79 Å². The van der Waals surface area contributed by atoms with Crippen molar-refractivity contribution in [3.05, 3.63) is 35.9 Å². The van der Waals surface area contributed by atoms with E-state index in [1.54, 1.807) is 79.7 Å².